The van der Waals surface area contributed by atoms with Gasteiger partial charge in [-0.3, -0.25) is 4.74 Å². The minimum atomic E-state index is -2.30. The minimum absolute atomic E-state index is 0.0505. The van der Waals surface area contributed by atoms with Gasteiger partial charge in [-0.25, -0.2) is 0 Å². The van der Waals surface area contributed by atoms with E-state index in [1.165, 1.54) is 51.4 Å². The SMILES string of the molecule is CC(C)(C)[Si](C)(C)OC(OC1CCCO1)(O[Si](C)(C)C(C)(C)C)[C@@]12CCC[C@H]1[C@@H]1CC=C3CCCC[C@]3(C)[C@H]1CC2. The summed E-state index contributed by atoms with van der Waals surface area (Å²) in [5.74, 6) is 0.975. The molecule has 0 aromatic carbocycles. The molecule has 6 atom stereocenters. The van der Waals surface area contributed by atoms with Gasteiger partial charge in [-0.05, 0) is 117 Å². The van der Waals surface area contributed by atoms with Gasteiger partial charge in [0.05, 0.1) is 5.41 Å². The normalized spacial score (nSPS) is 36.9. The van der Waals surface area contributed by atoms with E-state index in [1.54, 1.807) is 5.57 Å². The van der Waals surface area contributed by atoms with E-state index in [1.807, 2.05) is 0 Å². The molecule has 1 aliphatic heterocycles. The molecule has 1 heterocycles. The number of fused-ring (bicyclic) bond motifs is 5. The van der Waals surface area contributed by atoms with Crippen LogP contribution in [0, 0.1) is 28.6 Å². The number of hydrogen-bond acceptors (Lipinski definition) is 4. The van der Waals surface area contributed by atoms with Crippen molar-refractivity contribution in [2.75, 3.05) is 6.61 Å². The summed E-state index contributed by atoms with van der Waals surface area (Å²) in [7, 11) is -4.60. The zero-order chi connectivity index (χ0) is 30.1. The Kier molecular flexibility index (Phi) is 8.56. The molecule has 41 heavy (non-hydrogen) atoms. The Labute approximate surface area is 255 Å². The van der Waals surface area contributed by atoms with Crippen LogP contribution in [0.25, 0.3) is 0 Å². The van der Waals surface area contributed by atoms with Gasteiger partial charge in [0, 0.05) is 13.0 Å². The molecule has 0 aromatic rings. The lowest BCUT2D eigenvalue weighted by Gasteiger charge is -2.63. The quantitative estimate of drug-likeness (QED) is 0.165. The molecule has 5 aliphatic rings. The fourth-order valence-electron chi connectivity index (χ4n) is 9.07. The predicted molar refractivity (Wildman–Crippen MR) is 175 cm³/mol. The standard InChI is InChI=1S/C35H64O4Si2/c1-31(2,3)40(8,9)38-35(37-30-18-15-25-36-30,39-41(10,11)32(4,5)6)34-23-14-17-29(34)27-20-19-26-16-12-13-22-33(26,7)28(27)21-24-34/h19,27-30H,12-18,20-25H2,1-11H3/t27-,28+,29+,30?,33+,34-/m1/s1. The van der Waals surface area contributed by atoms with E-state index in [-0.39, 0.29) is 21.8 Å². The molecule has 0 spiro atoms. The molecule has 1 saturated heterocycles. The van der Waals surface area contributed by atoms with Crippen molar-refractivity contribution in [2.45, 2.75) is 174 Å². The van der Waals surface area contributed by atoms with Crippen LogP contribution >= 0.6 is 0 Å². The van der Waals surface area contributed by atoms with Crippen molar-refractivity contribution in [3.8, 4) is 0 Å². The van der Waals surface area contributed by atoms with E-state index in [0.29, 0.717) is 17.3 Å². The van der Waals surface area contributed by atoms with Crippen molar-refractivity contribution in [3.63, 3.8) is 0 Å². The fraction of sp³-hybridized carbons (Fsp3) is 0.943. The molecule has 236 valence electrons. The molecule has 0 N–H and O–H groups in total. The summed E-state index contributed by atoms with van der Waals surface area (Å²) in [4.78, 5) is 0. The Morgan fingerprint density at radius 2 is 1.44 bits per heavy atom. The highest BCUT2D eigenvalue weighted by Gasteiger charge is 2.70. The topological polar surface area (TPSA) is 36.9 Å². The van der Waals surface area contributed by atoms with Gasteiger partial charge >= 0.3 is 0 Å². The summed E-state index contributed by atoms with van der Waals surface area (Å²) in [6.45, 7) is 27.2. The largest absolute Gasteiger partial charge is 0.369 e. The van der Waals surface area contributed by atoms with Gasteiger partial charge in [-0.1, -0.05) is 73.0 Å². The summed E-state index contributed by atoms with van der Waals surface area (Å²) >= 11 is 0. The van der Waals surface area contributed by atoms with Crippen LogP contribution in [0.5, 0.6) is 0 Å². The van der Waals surface area contributed by atoms with E-state index in [2.05, 4.69) is 80.7 Å². The summed E-state index contributed by atoms with van der Waals surface area (Å²) in [6, 6.07) is 0. The first-order chi connectivity index (χ1) is 18.9. The molecule has 4 fully saturated rings. The molecule has 4 aliphatic carbocycles. The molecule has 5 rings (SSSR count). The summed E-state index contributed by atoms with van der Waals surface area (Å²) in [5.41, 5.74) is 2.03. The highest BCUT2D eigenvalue weighted by Crippen LogP contribution is 2.70. The van der Waals surface area contributed by atoms with Crippen LogP contribution in [0.4, 0.5) is 0 Å². The first-order valence-electron chi connectivity index (χ1n) is 17.3. The second kappa shape index (κ2) is 10.8. The first kappa shape index (κ1) is 32.4. The molecule has 6 heteroatoms. The van der Waals surface area contributed by atoms with Gasteiger partial charge in [0.25, 0.3) is 5.97 Å². The molecular formula is C35H64O4Si2. The van der Waals surface area contributed by atoms with E-state index >= 15 is 0 Å². The van der Waals surface area contributed by atoms with Crippen LogP contribution in [-0.4, -0.2) is 35.5 Å². The third-order valence-electron chi connectivity index (χ3n) is 13.5. The second-order valence-electron chi connectivity index (χ2n) is 17.9. The molecule has 4 nitrogen and oxygen atoms in total. The average Bonchev–Trinajstić information content (AvgIpc) is 3.52. The zero-order valence-electron chi connectivity index (χ0n) is 28.7. The summed E-state index contributed by atoms with van der Waals surface area (Å²) in [6.07, 6.45) is 17.2. The van der Waals surface area contributed by atoms with Gasteiger partial charge in [0.2, 0.25) is 0 Å². The van der Waals surface area contributed by atoms with Gasteiger partial charge < -0.3 is 13.6 Å². The van der Waals surface area contributed by atoms with Crippen molar-refractivity contribution in [2.24, 2.45) is 28.6 Å². The van der Waals surface area contributed by atoms with E-state index in [9.17, 15) is 0 Å². The van der Waals surface area contributed by atoms with Crippen LogP contribution in [0.3, 0.4) is 0 Å². The maximum absolute atomic E-state index is 7.77. The predicted octanol–water partition coefficient (Wildman–Crippen LogP) is 10.6. The van der Waals surface area contributed by atoms with Crippen molar-refractivity contribution >= 4 is 16.6 Å². The summed E-state index contributed by atoms with van der Waals surface area (Å²) in [5, 5.41) is 0.101. The Morgan fingerprint density at radius 3 is 2.02 bits per heavy atom. The maximum atomic E-state index is 7.77. The third kappa shape index (κ3) is 5.45. The lowest BCUT2D eigenvalue weighted by Crippen LogP contribution is -2.69. The van der Waals surface area contributed by atoms with Crippen molar-refractivity contribution < 1.29 is 18.3 Å². The van der Waals surface area contributed by atoms with Crippen LogP contribution in [0.15, 0.2) is 11.6 Å². The molecule has 1 unspecified atom stereocenters. The number of hydrogen-bond donors (Lipinski definition) is 0. The lowest BCUT2D eigenvalue weighted by atomic mass is 9.47. The Bertz CT molecular complexity index is 957. The van der Waals surface area contributed by atoms with E-state index in [0.717, 1.165) is 38.2 Å². The third-order valence-corrected chi connectivity index (χ3v) is 22.3. The Morgan fingerprint density at radius 1 is 0.780 bits per heavy atom. The number of allylic oxidation sites excluding steroid dienone is 2. The lowest BCUT2D eigenvalue weighted by molar-refractivity contribution is -0.423. The average molecular weight is 605 g/mol. The first-order valence-corrected chi connectivity index (χ1v) is 23.1. The summed E-state index contributed by atoms with van der Waals surface area (Å²) < 4.78 is 29.2. The van der Waals surface area contributed by atoms with E-state index < -0.39 is 22.6 Å². The monoisotopic (exact) mass is 604 g/mol. The second-order valence-corrected chi connectivity index (χ2v) is 27.3. The molecule has 0 aromatic heterocycles. The van der Waals surface area contributed by atoms with Crippen molar-refractivity contribution in [3.05, 3.63) is 11.6 Å². The number of ether oxygens (including phenoxy) is 2. The molecule has 0 amide bonds. The van der Waals surface area contributed by atoms with Crippen LogP contribution in [0.1, 0.15) is 126 Å². The van der Waals surface area contributed by atoms with Crippen molar-refractivity contribution in [1.29, 1.82) is 0 Å². The fourth-order valence-corrected chi connectivity index (χ4v) is 11.7. The van der Waals surface area contributed by atoms with Crippen LogP contribution in [0.2, 0.25) is 36.3 Å². The van der Waals surface area contributed by atoms with Gasteiger partial charge in [-0.15, -0.1) is 0 Å². The van der Waals surface area contributed by atoms with Crippen LogP contribution in [-0.2, 0) is 18.3 Å². The zero-order valence-corrected chi connectivity index (χ0v) is 30.7. The Hall–Kier alpha value is 0.0138. The van der Waals surface area contributed by atoms with Crippen LogP contribution < -0.4 is 0 Å². The maximum Gasteiger partial charge on any atom is 0.272 e. The van der Waals surface area contributed by atoms with Gasteiger partial charge in [0.15, 0.2) is 22.9 Å². The number of rotatable bonds is 7. The van der Waals surface area contributed by atoms with Gasteiger partial charge in [-0.2, -0.15) is 0 Å². The molecular weight excluding hydrogens is 541 g/mol. The highest BCUT2D eigenvalue weighted by molar-refractivity contribution is 6.75. The highest BCUT2D eigenvalue weighted by atomic mass is 28.4. The van der Waals surface area contributed by atoms with Crippen molar-refractivity contribution in [1.82, 2.24) is 0 Å². The Balaban J connectivity index is 1.65. The molecule has 0 bridgehead atoms. The van der Waals surface area contributed by atoms with E-state index in [4.69, 9.17) is 18.3 Å². The molecule has 0 radical (unpaired) electrons. The van der Waals surface area contributed by atoms with Gasteiger partial charge in [0.1, 0.15) is 0 Å². The smallest absolute Gasteiger partial charge is 0.272 e. The molecule has 3 saturated carbocycles. The minimum Gasteiger partial charge on any atom is -0.369 e.